The minimum absolute atomic E-state index is 0.0175. The summed E-state index contributed by atoms with van der Waals surface area (Å²) in [5.41, 5.74) is -0.448. The maximum Gasteiger partial charge on any atom is 0.422 e. The second kappa shape index (κ2) is 13.7. The minimum Gasteiger partial charge on any atom is -0.488 e. The van der Waals surface area contributed by atoms with Gasteiger partial charge in [-0.15, -0.1) is 0 Å². The molecule has 1 fully saturated rings. The van der Waals surface area contributed by atoms with E-state index in [1.807, 2.05) is 26.0 Å². The Bertz CT molecular complexity index is 1840. The first-order valence-electron chi connectivity index (χ1n) is 15.0. The summed E-state index contributed by atoms with van der Waals surface area (Å²) >= 11 is 6.02. The van der Waals surface area contributed by atoms with Crippen LogP contribution in [0.2, 0.25) is 5.02 Å². The molecule has 5 rings (SSSR count). The standard InChI is InChI=1S/C32H33ClF3N7O5/c1-4-47-25-22(23(44)24(25)45)37-15-30(2,3)16-38-26(46)18-5-11-21(12-6-18)39-27-40-28(42-29(41-27)48-17-32(34,35)36)43-31(13-14-31)19-7-9-20(33)10-8-19/h5-12,37H,4,13-17H2,1-3H3,(H,38,46)(H2,39,40,41,42,43). The number of hydrogen-bond donors (Lipinski definition) is 4. The second-order valence-electron chi connectivity index (χ2n) is 12.1. The van der Waals surface area contributed by atoms with Gasteiger partial charge < -0.3 is 30.7 Å². The molecule has 1 aromatic heterocycles. The smallest absolute Gasteiger partial charge is 0.422 e. The van der Waals surface area contributed by atoms with E-state index in [1.165, 1.54) is 0 Å². The van der Waals surface area contributed by atoms with Gasteiger partial charge in [-0.25, -0.2) is 0 Å². The molecule has 1 saturated carbocycles. The summed E-state index contributed by atoms with van der Waals surface area (Å²) in [5.74, 6) is -0.387. The van der Waals surface area contributed by atoms with Crippen LogP contribution in [-0.2, 0) is 5.54 Å². The molecule has 1 aliphatic rings. The highest BCUT2D eigenvalue weighted by Gasteiger charge is 2.45. The molecule has 1 heterocycles. The first-order valence-corrected chi connectivity index (χ1v) is 15.4. The monoisotopic (exact) mass is 687 g/mol. The number of aromatic nitrogens is 3. The van der Waals surface area contributed by atoms with Gasteiger partial charge in [0.15, 0.2) is 12.4 Å². The quantitative estimate of drug-likeness (QED) is 0.122. The summed E-state index contributed by atoms with van der Waals surface area (Å²) in [6.07, 6.45) is -3.11. The fraction of sp³-hybridized carbons (Fsp3) is 0.375. The van der Waals surface area contributed by atoms with E-state index in [-0.39, 0.29) is 42.4 Å². The van der Waals surface area contributed by atoms with Crippen LogP contribution in [0.3, 0.4) is 0 Å². The normalized spacial score (nSPS) is 13.9. The Hall–Kier alpha value is -4.92. The molecular formula is C32H33ClF3N7O5. The van der Waals surface area contributed by atoms with Crippen LogP contribution in [0.15, 0.2) is 58.1 Å². The van der Waals surface area contributed by atoms with E-state index in [9.17, 15) is 27.6 Å². The molecule has 16 heteroatoms. The molecule has 3 aromatic carbocycles. The topological polar surface area (TPSA) is 156 Å². The van der Waals surface area contributed by atoms with Crippen molar-refractivity contribution in [1.29, 1.82) is 0 Å². The zero-order valence-electron chi connectivity index (χ0n) is 26.3. The number of hydrogen-bond acceptors (Lipinski definition) is 11. The molecule has 1 amide bonds. The summed E-state index contributed by atoms with van der Waals surface area (Å²) < 4.78 is 48.8. The highest BCUT2D eigenvalue weighted by atomic mass is 35.5. The summed E-state index contributed by atoms with van der Waals surface area (Å²) in [6, 6.07) is 13.0. The molecule has 0 atom stereocenters. The molecule has 0 saturated heterocycles. The number of benzene rings is 2. The van der Waals surface area contributed by atoms with E-state index < -0.39 is 40.6 Å². The van der Waals surface area contributed by atoms with Gasteiger partial charge in [-0.2, -0.15) is 28.1 Å². The molecule has 4 N–H and O–H groups in total. The number of amides is 1. The number of halogens is 4. The van der Waals surface area contributed by atoms with Crippen molar-refractivity contribution in [2.24, 2.45) is 5.41 Å². The third kappa shape index (κ3) is 8.51. The van der Waals surface area contributed by atoms with Gasteiger partial charge in [-0.1, -0.05) is 37.6 Å². The van der Waals surface area contributed by atoms with E-state index in [0.717, 1.165) is 18.4 Å². The van der Waals surface area contributed by atoms with Crippen LogP contribution in [0.1, 0.15) is 49.5 Å². The Morgan fingerprint density at radius 1 is 0.917 bits per heavy atom. The zero-order chi connectivity index (χ0) is 34.7. The van der Waals surface area contributed by atoms with Crippen molar-refractivity contribution in [1.82, 2.24) is 20.3 Å². The van der Waals surface area contributed by atoms with E-state index in [2.05, 4.69) is 36.2 Å². The first-order chi connectivity index (χ1) is 22.7. The van der Waals surface area contributed by atoms with Gasteiger partial charge in [0.25, 0.3) is 16.8 Å². The predicted molar refractivity (Wildman–Crippen MR) is 174 cm³/mol. The number of carbonyl (C=O) groups excluding carboxylic acids is 1. The highest BCUT2D eigenvalue weighted by Crippen LogP contribution is 2.48. The van der Waals surface area contributed by atoms with Crippen LogP contribution in [-0.4, -0.2) is 53.3 Å². The third-order valence-electron chi connectivity index (χ3n) is 7.51. The van der Waals surface area contributed by atoms with E-state index in [0.29, 0.717) is 22.8 Å². The van der Waals surface area contributed by atoms with Gasteiger partial charge in [-0.3, -0.25) is 14.4 Å². The molecule has 0 radical (unpaired) electrons. The lowest BCUT2D eigenvalue weighted by atomic mass is 9.93. The van der Waals surface area contributed by atoms with Gasteiger partial charge in [0.1, 0.15) is 5.69 Å². The van der Waals surface area contributed by atoms with Crippen LogP contribution in [0.25, 0.3) is 0 Å². The fourth-order valence-electron chi connectivity index (χ4n) is 4.73. The van der Waals surface area contributed by atoms with Gasteiger partial charge in [0.2, 0.25) is 11.9 Å². The molecular weight excluding hydrogens is 655 g/mol. The molecule has 1 aliphatic carbocycles. The number of nitrogens with one attached hydrogen (secondary N) is 4. The summed E-state index contributed by atoms with van der Waals surface area (Å²) in [4.78, 5) is 48.9. The number of nitrogens with zero attached hydrogens (tertiary/aromatic N) is 3. The zero-order valence-corrected chi connectivity index (χ0v) is 27.0. The summed E-state index contributed by atoms with van der Waals surface area (Å²) in [6.45, 7) is 4.68. The Morgan fingerprint density at radius 2 is 1.58 bits per heavy atom. The van der Waals surface area contributed by atoms with Crippen LogP contribution in [0, 0.1) is 5.41 Å². The number of rotatable bonds is 15. The number of anilines is 4. The van der Waals surface area contributed by atoms with Crippen molar-refractivity contribution in [3.63, 3.8) is 0 Å². The fourth-order valence-corrected chi connectivity index (χ4v) is 4.86. The van der Waals surface area contributed by atoms with Crippen molar-refractivity contribution >= 4 is 40.8 Å². The largest absolute Gasteiger partial charge is 0.488 e. The summed E-state index contributed by atoms with van der Waals surface area (Å²) in [5, 5.41) is 12.5. The molecule has 0 unspecified atom stereocenters. The van der Waals surface area contributed by atoms with Crippen LogP contribution in [0.5, 0.6) is 11.8 Å². The van der Waals surface area contributed by atoms with E-state index >= 15 is 0 Å². The Kier molecular flexibility index (Phi) is 9.80. The van der Waals surface area contributed by atoms with Gasteiger partial charge in [-0.05, 0) is 67.1 Å². The second-order valence-corrected chi connectivity index (χ2v) is 12.5. The lowest BCUT2D eigenvalue weighted by molar-refractivity contribution is -0.154. The Morgan fingerprint density at radius 3 is 2.21 bits per heavy atom. The highest BCUT2D eigenvalue weighted by molar-refractivity contribution is 6.30. The minimum atomic E-state index is -4.60. The molecule has 0 bridgehead atoms. The maximum absolute atomic E-state index is 12.9. The molecule has 48 heavy (non-hydrogen) atoms. The van der Waals surface area contributed by atoms with Crippen LogP contribution >= 0.6 is 11.6 Å². The molecule has 0 spiro atoms. The van der Waals surface area contributed by atoms with E-state index in [4.69, 9.17) is 21.1 Å². The van der Waals surface area contributed by atoms with Crippen molar-refractivity contribution in [3.05, 3.63) is 85.1 Å². The lowest BCUT2D eigenvalue weighted by Gasteiger charge is -2.26. The summed E-state index contributed by atoms with van der Waals surface area (Å²) in [7, 11) is 0. The van der Waals surface area contributed by atoms with Crippen LogP contribution < -0.4 is 41.6 Å². The third-order valence-corrected chi connectivity index (χ3v) is 7.76. The average Bonchev–Trinajstić information content (AvgIpc) is 3.82. The van der Waals surface area contributed by atoms with E-state index in [1.54, 1.807) is 43.3 Å². The molecule has 12 nitrogen and oxygen atoms in total. The Balaban J connectivity index is 1.22. The molecule has 0 aliphatic heterocycles. The maximum atomic E-state index is 12.9. The van der Waals surface area contributed by atoms with Gasteiger partial charge in [0, 0.05) is 29.4 Å². The first kappa shape index (κ1) is 34.4. The molecule has 4 aromatic rings. The van der Waals surface area contributed by atoms with Crippen molar-refractivity contribution in [2.45, 2.75) is 45.3 Å². The lowest BCUT2D eigenvalue weighted by Crippen LogP contribution is -2.41. The van der Waals surface area contributed by atoms with Crippen molar-refractivity contribution in [2.75, 3.05) is 42.3 Å². The van der Waals surface area contributed by atoms with Gasteiger partial charge >= 0.3 is 12.2 Å². The predicted octanol–water partition coefficient (Wildman–Crippen LogP) is 5.17. The number of carbonyl (C=O) groups is 1. The average molecular weight is 688 g/mol. The molecule has 254 valence electrons. The SMILES string of the molecule is CCOc1c(NCC(C)(C)CNC(=O)c2ccc(Nc3nc(NC4(c5ccc(Cl)cc5)CC4)nc(OCC(F)(F)F)n3)cc2)c(=O)c1=O. The van der Waals surface area contributed by atoms with Crippen LogP contribution in [0.4, 0.5) is 36.4 Å². The number of alkyl halides is 3. The van der Waals surface area contributed by atoms with Crippen molar-refractivity contribution < 1.29 is 27.4 Å². The Labute approximate surface area is 278 Å². The van der Waals surface area contributed by atoms with Gasteiger partial charge in [0.05, 0.1) is 12.1 Å². The van der Waals surface area contributed by atoms with Crippen molar-refractivity contribution in [3.8, 4) is 11.8 Å². The number of ether oxygens (including phenoxy) is 2.